The van der Waals surface area contributed by atoms with Crippen molar-refractivity contribution < 1.29 is 14.3 Å². The van der Waals surface area contributed by atoms with Crippen molar-refractivity contribution in [1.82, 2.24) is 0 Å². The molecule has 1 heterocycles. The Kier molecular flexibility index (Phi) is 3.83. The Balaban J connectivity index is 1.89. The first-order valence-electron chi connectivity index (χ1n) is 8.69. The monoisotopic (exact) mass is 323 g/mol. The van der Waals surface area contributed by atoms with E-state index in [2.05, 4.69) is 0 Å². The van der Waals surface area contributed by atoms with Crippen LogP contribution in [0.2, 0.25) is 0 Å². The summed E-state index contributed by atoms with van der Waals surface area (Å²) < 4.78 is 5.36. The van der Waals surface area contributed by atoms with E-state index in [0.717, 1.165) is 54.0 Å². The molecule has 2 atom stereocenters. The standard InChI is InChI=1S/C20H21NO3/c1-24-13-6-2-5-12(11-13)18-19-14(7-3-9-16(19)22)21-15-8-4-10-17(23)20(15)18/h2,5-6,11,18-19H,3-4,7-10H2,1H3. The van der Waals surface area contributed by atoms with E-state index in [9.17, 15) is 9.59 Å². The first-order chi connectivity index (χ1) is 11.7. The summed E-state index contributed by atoms with van der Waals surface area (Å²) in [4.78, 5) is 30.1. The molecule has 0 N–H and O–H groups in total. The number of allylic oxidation sites excluding steroid dienone is 2. The van der Waals surface area contributed by atoms with Crippen LogP contribution in [-0.2, 0) is 9.59 Å². The van der Waals surface area contributed by atoms with Gasteiger partial charge < -0.3 is 4.74 Å². The minimum atomic E-state index is -0.272. The van der Waals surface area contributed by atoms with Crippen LogP contribution >= 0.6 is 0 Å². The molecule has 4 nitrogen and oxygen atoms in total. The third-order valence-electron chi connectivity index (χ3n) is 5.37. The fourth-order valence-electron chi connectivity index (χ4n) is 4.29. The number of carbonyl (C=O) groups excluding carboxylic acids is 2. The number of benzene rings is 1. The number of ether oxygens (including phenoxy) is 1. The Morgan fingerprint density at radius 1 is 1.04 bits per heavy atom. The summed E-state index contributed by atoms with van der Waals surface area (Å²) in [5.41, 5.74) is 3.66. The molecule has 2 aliphatic carbocycles. The van der Waals surface area contributed by atoms with Crippen molar-refractivity contribution in [1.29, 1.82) is 0 Å². The molecule has 1 aromatic rings. The molecule has 1 saturated carbocycles. The molecule has 0 bridgehead atoms. The zero-order valence-electron chi connectivity index (χ0n) is 13.9. The van der Waals surface area contributed by atoms with Gasteiger partial charge in [-0.05, 0) is 43.4 Å². The number of methoxy groups -OCH3 is 1. The molecule has 2 unspecified atom stereocenters. The van der Waals surface area contributed by atoms with Crippen LogP contribution in [-0.4, -0.2) is 24.4 Å². The van der Waals surface area contributed by atoms with Gasteiger partial charge in [0, 0.05) is 35.7 Å². The topological polar surface area (TPSA) is 55.7 Å². The van der Waals surface area contributed by atoms with E-state index in [1.165, 1.54) is 0 Å². The minimum absolute atomic E-state index is 0.158. The van der Waals surface area contributed by atoms with Gasteiger partial charge in [-0.2, -0.15) is 0 Å². The van der Waals surface area contributed by atoms with Gasteiger partial charge in [0.15, 0.2) is 5.78 Å². The summed E-state index contributed by atoms with van der Waals surface area (Å²) in [5.74, 6) is 0.670. The van der Waals surface area contributed by atoms with E-state index in [4.69, 9.17) is 9.73 Å². The fourth-order valence-corrected chi connectivity index (χ4v) is 4.29. The largest absolute Gasteiger partial charge is 0.497 e. The highest BCUT2D eigenvalue weighted by Gasteiger charge is 2.44. The maximum Gasteiger partial charge on any atom is 0.161 e. The number of nitrogens with zero attached hydrogens (tertiary/aromatic N) is 1. The van der Waals surface area contributed by atoms with Gasteiger partial charge in [0.05, 0.1) is 13.0 Å². The molecule has 0 spiro atoms. The molecule has 1 aliphatic heterocycles. The van der Waals surface area contributed by atoms with Crippen LogP contribution in [0.5, 0.6) is 5.75 Å². The van der Waals surface area contributed by atoms with Crippen LogP contribution in [0.25, 0.3) is 0 Å². The van der Waals surface area contributed by atoms with Gasteiger partial charge in [-0.1, -0.05) is 12.1 Å². The van der Waals surface area contributed by atoms with Gasteiger partial charge in [0.2, 0.25) is 0 Å². The quantitative estimate of drug-likeness (QED) is 0.835. The normalized spacial score (nSPS) is 26.6. The van der Waals surface area contributed by atoms with E-state index in [1.54, 1.807) is 7.11 Å². The molecular weight excluding hydrogens is 302 g/mol. The Morgan fingerprint density at radius 3 is 2.71 bits per heavy atom. The molecule has 0 aromatic heterocycles. The summed E-state index contributed by atoms with van der Waals surface area (Å²) in [6, 6.07) is 7.79. The second kappa shape index (κ2) is 6.00. The summed E-state index contributed by atoms with van der Waals surface area (Å²) >= 11 is 0. The molecule has 3 aliphatic rings. The second-order valence-electron chi connectivity index (χ2n) is 6.79. The number of carbonyl (C=O) groups is 2. The van der Waals surface area contributed by atoms with Crippen molar-refractivity contribution in [2.75, 3.05) is 7.11 Å². The zero-order valence-corrected chi connectivity index (χ0v) is 13.9. The van der Waals surface area contributed by atoms with Crippen LogP contribution in [0.15, 0.2) is 40.5 Å². The summed E-state index contributed by atoms with van der Waals surface area (Å²) in [6.07, 6.45) is 4.58. The van der Waals surface area contributed by atoms with Crippen LogP contribution in [0.3, 0.4) is 0 Å². The van der Waals surface area contributed by atoms with Crippen LogP contribution in [0.1, 0.15) is 50.0 Å². The van der Waals surface area contributed by atoms with Crippen molar-refractivity contribution in [3.63, 3.8) is 0 Å². The molecule has 4 rings (SSSR count). The highest BCUT2D eigenvalue weighted by Crippen LogP contribution is 2.46. The summed E-state index contributed by atoms with van der Waals surface area (Å²) in [6.45, 7) is 0. The summed E-state index contributed by atoms with van der Waals surface area (Å²) in [7, 11) is 1.63. The summed E-state index contributed by atoms with van der Waals surface area (Å²) in [5, 5.41) is 0. The van der Waals surface area contributed by atoms with E-state index >= 15 is 0 Å². The van der Waals surface area contributed by atoms with E-state index < -0.39 is 0 Å². The van der Waals surface area contributed by atoms with Gasteiger partial charge in [-0.25, -0.2) is 0 Å². The maximum absolute atomic E-state index is 12.7. The highest BCUT2D eigenvalue weighted by molar-refractivity contribution is 6.12. The molecule has 1 aromatic carbocycles. The predicted molar refractivity (Wildman–Crippen MR) is 91.4 cm³/mol. The zero-order chi connectivity index (χ0) is 16.7. The molecule has 4 heteroatoms. The minimum Gasteiger partial charge on any atom is -0.497 e. The first kappa shape index (κ1) is 15.3. The lowest BCUT2D eigenvalue weighted by Gasteiger charge is -2.37. The van der Waals surface area contributed by atoms with Crippen molar-refractivity contribution in [3.05, 3.63) is 41.1 Å². The van der Waals surface area contributed by atoms with Gasteiger partial charge in [0.25, 0.3) is 0 Å². The van der Waals surface area contributed by atoms with Crippen LogP contribution in [0.4, 0.5) is 0 Å². The second-order valence-corrected chi connectivity index (χ2v) is 6.79. The van der Waals surface area contributed by atoms with Gasteiger partial charge in [0.1, 0.15) is 11.5 Å². The lowest BCUT2D eigenvalue weighted by Crippen LogP contribution is -2.39. The molecule has 0 saturated heterocycles. The third kappa shape index (κ3) is 2.41. The smallest absolute Gasteiger partial charge is 0.161 e. The maximum atomic E-state index is 12.7. The fraction of sp³-hybridized carbons (Fsp3) is 0.450. The Bertz CT molecular complexity index is 775. The molecule has 1 fully saturated rings. The van der Waals surface area contributed by atoms with Gasteiger partial charge in [-0.3, -0.25) is 14.6 Å². The lowest BCUT2D eigenvalue weighted by molar-refractivity contribution is -0.122. The van der Waals surface area contributed by atoms with Crippen molar-refractivity contribution >= 4 is 17.3 Å². The molecule has 124 valence electrons. The Labute approximate surface area is 141 Å². The predicted octanol–water partition coefficient (Wildman–Crippen LogP) is 3.61. The van der Waals surface area contributed by atoms with Crippen LogP contribution < -0.4 is 4.74 Å². The Hall–Kier alpha value is -2.23. The third-order valence-corrected chi connectivity index (χ3v) is 5.37. The number of Topliss-reactive ketones (excluding diaryl/α,β-unsaturated/α-hetero) is 2. The van der Waals surface area contributed by atoms with Crippen molar-refractivity contribution in [2.24, 2.45) is 10.9 Å². The number of hydrogen-bond donors (Lipinski definition) is 0. The molecule has 24 heavy (non-hydrogen) atoms. The van der Waals surface area contributed by atoms with Gasteiger partial charge >= 0.3 is 0 Å². The SMILES string of the molecule is COc1cccc(C2C3=C(CCCC3=O)N=C3CCCC(=O)C32)c1. The van der Waals surface area contributed by atoms with E-state index in [1.807, 2.05) is 24.3 Å². The first-order valence-corrected chi connectivity index (χ1v) is 8.69. The molecular formula is C20H21NO3. The average molecular weight is 323 g/mol. The average Bonchev–Trinajstić information content (AvgIpc) is 2.60. The highest BCUT2D eigenvalue weighted by atomic mass is 16.5. The molecule has 0 amide bonds. The van der Waals surface area contributed by atoms with Crippen molar-refractivity contribution in [2.45, 2.75) is 44.4 Å². The lowest BCUT2D eigenvalue weighted by atomic mass is 9.67. The van der Waals surface area contributed by atoms with E-state index in [-0.39, 0.29) is 23.4 Å². The van der Waals surface area contributed by atoms with Crippen molar-refractivity contribution in [3.8, 4) is 5.75 Å². The van der Waals surface area contributed by atoms with E-state index in [0.29, 0.717) is 12.8 Å². The Morgan fingerprint density at radius 2 is 1.88 bits per heavy atom. The number of aliphatic imine (C=N–C) groups is 1. The number of rotatable bonds is 2. The van der Waals surface area contributed by atoms with Crippen LogP contribution in [0, 0.1) is 5.92 Å². The number of hydrogen-bond acceptors (Lipinski definition) is 4. The van der Waals surface area contributed by atoms with Gasteiger partial charge in [-0.15, -0.1) is 0 Å². The number of fused-ring (bicyclic) bond motifs is 1. The number of ketones is 2. The molecule has 0 radical (unpaired) electrons.